The van der Waals surface area contributed by atoms with Gasteiger partial charge in [0.25, 0.3) is 0 Å². The SMILES string of the molecule is Cc1nc([C@H]2CCCN(C(=O)NCC3(CN4CCOCC4)CC3)C2)n[nH]1. The van der Waals surface area contributed by atoms with Crippen LogP contribution in [-0.2, 0) is 4.74 Å². The smallest absolute Gasteiger partial charge is 0.317 e. The number of nitrogens with one attached hydrogen (secondary N) is 2. The summed E-state index contributed by atoms with van der Waals surface area (Å²) in [5.74, 6) is 1.91. The van der Waals surface area contributed by atoms with E-state index in [0.29, 0.717) is 6.54 Å². The van der Waals surface area contributed by atoms with Gasteiger partial charge in [-0.3, -0.25) is 10.00 Å². The Morgan fingerprint density at radius 3 is 2.85 bits per heavy atom. The van der Waals surface area contributed by atoms with Crippen molar-refractivity contribution in [3.05, 3.63) is 11.6 Å². The van der Waals surface area contributed by atoms with E-state index >= 15 is 0 Å². The Kier molecular flexibility index (Phi) is 5.13. The molecule has 8 heteroatoms. The second-order valence-corrected chi connectivity index (χ2v) is 8.11. The summed E-state index contributed by atoms with van der Waals surface area (Å²) in [4.78, 5) is 21.5. The summed E-state index contributed by atoms with van der Waals surface area (Å²) in [7, 11) is 0. The third kappa shape index (κ3) is 4.17. The Bertz CT molecular complexity index is 623. The van der Waals surface area contributed by atoms with Gasteiger partial charge in [0.1, 0.15) is 5.82 Å². The molecule has 0 unspecified atom stereocenters. The predicted molar refractivity (Wildman–Crippen MR) is 97.0 cm³/mol. The minimum Gasteiger partial charge on any atom is -0.379 e. The Morgan fingerprint density at radius 2 is 2.15 bits per heavy atom. The molecule has 1 aromatic rings. The molecule has 2 aliphatic heterocycles. The number of H-pyrrole nitrogens is 1. The van der Waals surface area contributed by atoms with Crippen LogP contribution in [0.4, 0.5) is 4.79 Å². The van der Waals surface area contributed by atoms with E-state index in [4.69, 9.17) is 4.74 Å². The van der Waals surface area contributed by atoms with E-state index in [1.165, 1.54) is 12.8 Å². The minimum atomic E-state index is 0.0650. The number of morpholine rings is 1. The molecule has 3 heterocycles. The van der Waals surface area contributed by atoms with Crippen LogP contribution in [0.2, 0.25) is 0 Å². The molecule has 144 valence electrons. The molecule has 1 aromatic heterocycles. The first-order valence-electron chi connectivity index (χ1n) is 9.85. The Morgan fingerprint density at radius 1 is 1.35 bits per heavy atom. The minimum absolute atomic E-state index is 0.0650. The van der Waals surface area contributed by atoms with Crippen molar-refractivity contribution < 1.29 is 9.53 Å². The quantitative estimate of drug-likeness (QED) is 0.820. The number of ether oxygens (including phenoxy) is 1. The van der Waals surface area contributed by atoms with Gasteiger partial charge in [-0.2, -0.15) is 5.10 Å². The molecule has 2 N–H and O–H groups in total. The number of aryl methyl sites for hydroxylation is 1. The topological polar surface area (TPSA) is 86.4 Å². The second-order valence-electron chi connectivity index (χ2n) is 8.11. The molecule has 1 aliphatic carbocycles. The molecular weight excluding hydrogens is 332 g/mol. The van der Waals surface area contributed by atoms with E-state index in [-0.39, 0.29) is 17.4 Å². The first-order valence-corrected chi connectivity index (χ1v) is 9.85. The highest BCUT2D eigenvalue weighted by atomic mass is 16.5. The Hall–Kier alpha value is -1.67. The van der Waals surface area contributed by atoms with Gasteiger partial charge in [0, 0.05) is 50.6 Å². The summed E-state index contributed by atoms with van der Waals surface area (Å²) in [5.41, 5.74) is 0.281. The highest BCUT2D eigenvalue weighted by Crippen LogP contribution is 2.45. The van der Waals surface area contributed by atoms with Crippen LogP contribution in [0.1, 0.15) is 43.3 Å². The Labute approximate surface area is 154 Å². The molecule has 26 heavy (non-hydrogen) atoms. The summed E-state index contributed by atoms with van der Waals surface area (Å²) in [6, 6.07) is 0.0650. The molecule has 4 rings (SSSR count). The first kappa shape index (κ1) is 17.7. The average Bonchev–Trinajstić information content (AvgIpc) is 3.29. The van der Waals surface area contributed by atoms with Gasteiger partial charge in [0.2, 0.25) is 0 Å². The van der Waals surface area contributed by atoms with E-state index in [1.807, 2.05) is 11.8 Å². The lowest BCUT2D eigenvalue weighted by molar-refractivity contribution is 0.0284. The fraction of sp³-hybridized carbons (Fsp3) is 0.833. The molecule has 8 nitrogen and oxygen atoms in total. The zero-order chi connectivity index (χ0) is 18.0. The summed E-state index contributed by atoms with van der Waals surface area (Å²) in [6.45, 7) is 8.99. The number of hydrogen-bond acceptors (Lipinski definition) is 5. The van der Waals surface area contributed by atoms with E-state index in [1.54, 1.807) is 0 Å². The van der Waals surface area contributed by atoms with Gasteiger partial charge in [-0.15, -0.1) is 0 Å². The van der Waals surface area contributed by atoms with E-state index < -0.39 is 0 Å². The number of rotatable bonds is 5. The predicted octanol–water partition coefficient (Wildman–Crippen LogP) is 1.11. The number of urea groups is 1. The van der Waals surface area contributed by atoms with Crippen molar-refractivity contribution in [3.63, 3.8) is 0 Å². The number of carbonyl (C=O) groups is 1. The fourth-order valence-electron chi connectivity index (χ4n) is 4.09. The van der Waals surface area contributed by atoms with Gasteiger partial charge in [-0.1, -0.05) is 0 Å². The van der Waals surface area contributed by atoms with Crippen molar-refractivity contribution in [2.45, 2.75) is 38.5 Å². The highest BCUT2D eigenvalue weighted by molar-refractivity contribution is 5.74. The maximum absolute atomic E-state index is 12.7. The molecule has 3 aliphatic rings. The van der Waals surface area contributed by atoms with Crippen molar-refractivity contribution in [3.8, 4) is 0 Å². The molecule has 1 saturated carbocycles. The maximum atomic E-state index is 12.7. The lowest BCUT2D eigenvalue weighted by Crippen LogP contribution is -2.48. The van der Waals surface area contributed by atoms with Gasteiger partial charge in [0.15, 0.2) is 5.82 Å². The van der Waals surface area contributed by atoms with Crippen molar-refractivity contribution in [1.29, 1.82) is 0 Å². The molecule has 0 spiro atoms. The van der Waals surface area contributed by atoms with Crippen LogP contribution in [0.15, 0.2) is 0 Å². The molecule has 2 saturated heterocycles. The standard InChI is InChI=1S/C18H30N6O2/c1-14-20-16(22-21-14)15-3-2-6-24(11-15)17(25)19-12-18(4-5-18)13-23-7-9-26-10-8-23/h15H,2-13H2,1H3,(H,19,25)(H,20,21,22)/t15-/m0/s1. The first-order chi connectivity index (χ1) is 12.6. The highest BCUT2D eigenvalue weighted by Gasteiger charge is 2.44. The summed E-state index contributed by atoms with van der Waals surface area (Å²) < 4.78 is 5.43. The van der Waals surface area contributed by atoms with Crippen LogP contribution in [0, 0.1) is 12.3 Å². The molecular formula is C18H30N6O2. The average molecular weight is 362 g/mol. The van der Waals surface area contributed by atoms with Crippen LogP contribution in [0.25, 0.3) is 0 Å². The van der Waals surface area contributed by atoms with Gasteiger partial charge >= 0.3 is 6.03 Å². The van der Waals surface area contributed by atoms with E-state index in [9.17, 15) is 4.79 Å². The number of aromatic amines is 1. The van der Waals surface area contributed by atoms with Crippen LogP contribution in [0.3, 0.4) is 0 Å². The van der Waals surface area contributed by atoms with Gasteiger partial charge in [-0.25, -0.2) is 9.78 Å². The number of aromatic nitrogens is 3. The van der Waals surface area contributed by atoms with Gasteiger partial charge in [-0.05, 0) is 32.6 Å². The summed E-state index contributed by atoms with van der Waals surface area (Å²) >= 11 is 0. The number of piperidine rings is 1. The lowest BCUT2D eigenvalue weighted by Gasteiger charge is -2.33. The molecule has 1 atom stereocenters. The number of hydrogen-bond donors (Lipinski definition) is 2. The van der Waals surface area contributed by atoms with Crippen molar-refractivity contribution in [2.24, 2.45) is 5.41 Å². The fourth-order valence-corrected chi connectivity index (χ4v) is 4.09. The molecule has 0 bridgehead atoms. The molecule has 3 fully saturated rings. The van der Waals surface area contributed by atoms with Crippen molar-refractivity contribution in [1.82, 2.24) is 30.3 Å². The van der Waals surface area contributed by atoms with Gasteiger partial charge in [0.05, 0.1) is 13.2 Å². The third-order valence-electron chi connectivity index (χ3n) is 5.92. The number of carbonyl (C=O) groups excluding carboxylic acids is 1. The molecule has 0 radical (unpaired) electrons. The summed E-state index contributed by atoms with van der Waals surface area (Å²) in [5, 5.41) is 10.4. The van der Waals surface area contributed by atoms with Gasteiger partial charge < -0.3 is 15.0 Å². The zero-order valence-electron chi connectivity index (χ0n) is 15.7. The van der Waals surface area contributed by atoms with Crippen LogP contribution < -0.4 is 5.32 Å². The second kappa shape index (κ2) is 7.52. The van der Waals surface area contributed by atoms with Crippen LogP contribution in [-0.4, -0.2) is 83.5 Å². The number of nitrogens with zero attached hydrogens (tertiary/aromatic N) is 4. The number of amides is 2. The van der Waals surface area contributed by atoms with Crippen molar-refractivity contribution in [2.75, 3.05) is 52.5 Å². The van der Waals surface area contributed by atoms with E-state index in [2.05, 4.69) is 25.4 Å². The molecule has 0 aromatic carbocycles. The number of likely N-dealkylation sites (tertiary alicyclic amines) is 1. The Balaban J connectivity index is 1.26. The normalized spacial score (nSPS) is 25.9. The summed E-state index contributed by atoms with van der Waals surface area (Å²) in [6.07, 6.45) is 4.47. The lowest BCUT2D eigenvalue weighted by atomic mass is 9.97. The third-order valence-corrected chi connectivity index (χ3v) is 5.92. The largest absolute Gasteiger partial charge is 0.379 e. The van der Waals surface area contributed by atoms with E-state index in [0.717, 1.165) is 70.4 Å². The maximum Gasteiger partial charge on any atom is 0.317 e. The van der Waals surface area contributed by atoms with Crippen molar-refractivity contribution >= 4 is 6.03 Å². The van der Waals surface area contributed by atoms with Crippen LogP contribution in [0.5, 0.6) is 0 Å². The zero-order valence-corrected chi connectivity index (χ0v) is 15.7. The monoisotopic (exact) mass is 362 g/mol. The van der Waals surface area contributed by atoms with Crippen LogP contribution >= 0.6 is 0 Å². The molecule has 2 amide bonds.